The van der Waals surface area contributed by atoms with E-state index in [4.69, 9.17) is 0 Å². The summed E-state index contributed by atoms with van der Waals surface area (Å²) in [5.74, 6) is 3.11. The Kier molecular flexibility index (Phi) is 6.46. The van der Waals surface area contributed by atoms with Crippen LogP contribution in [0.5, 0.6) is 0 Å². The van der Waals surface area contributed by atoms with Crippen LogP contribution in [0.25, 0.3) is 0 Å². The lowest BCUT2D eigenvalue weighted by Crippen LogP contribution is -2.58. The first-order valence-corrected chi connectivity index (χ1v) is 14.3. The minimum absolute atomic E-state index is 0.172. The monoisotopic (exact) mass is 473 g/mol. The molecule has 4 saturated carbocycles. The number of hydrogen-bond donors (Lipinski definition) is 3. The molecule has 5 rings (SSSR count). The van der Waals surface area contributed by atoms with E-state index in [0.717, 1.165) is 25.7 Å². The molecular weight excluding hydrogens is 430 g/mol. The summed E-state index contributed by atoms with van der Waals surface area (Å²) in [4.78, 5) is 13.9. The third-order valence-electron chi connectivity index (χ3n) is 11.0. The number of thiophene rings is 1. The highest BCUT2D eigenvalue weighted by Gasteiger charge is 2.62. The van der Waals surface area contributed by atoms with Gasteiger partial charge in [-0.15, -0.1) is 11.3 Å². The van der Waals surface area contributed by atoms with Crippen molar-refractivity contribution in [3.8, 4) is 0 Å². The highest BCUT2D eigenvalue weighted by Crippen LogP contribution is 2.68. The van der Waals surface area contributed by atoms with Gasteiger partial charge >= 0.3 is 0 Å². The van der Waals surface area contributed by atoms with Crippen LogP contribution in [-0.2, 0) is 11.3 Å². The number of aliphatic hydroxyl groups excluding tert-OH is 2. The number of carbonyl (C=O) groups excluding carboxylic acids is 1. The molecule has 1 aromatic heterocycles. The maximum Gasteiger partial charge on any atom is 0.220 e. The highest BCUT2D eigenvalue weighted by atomic mass is 32.1. The van der Waals surface area contributed by atoms with Gasteiger partial charge in [-0.05, 0) is 109 Å². The average Bonchev–Trinajstić information content (AvgIpc) is 3.41. The van der Waals surface area contributed by atoms with Gasteiger partial charge in [0.05, 0.1) is 18.8 Å². The van der Waals surface area contributed by atoms with Crippen LogP contribution in [0.1, 0.15) is 83.4 Å². The van der Waals surface area contributed by atoms with Crippen molar-refractivity contribution in [1.82, 2.24) is 5.32 Å². The molecule has 0 radical (unpaired) electrons. The zero-order valence-electron chi connectivity index (χ0n) is 20.6. The van der Waals surface area contributed by atoms with Crippen molar-refractivity contribution in [2.75, 3.05) is 0 Å². The summed E-state index contributed by atoms with van der Waals surface area (Å²) in [5, 5.41) is 26.9. The molecule has 1 heterocycles. The lowest BCUT2D eigenvalue weighted by Gasteiger charge is -2.62. The number of fused-ring (bicyclic) bond motifs is 5. The smallest absolute Gasteiger partial charge is 0.220 e. The minimum Gasteiger partial charge on any atom is -0.393 e. The SMILES string of the molecule is C[C@H](CC(=O)NCc1cccs1)[C@H]1CC[C@H]2[C@@H]3[C@@H](O)C[C@@H]4C[C@H](O)CC[C@]4(C)[C@H]3CC[C@]12C. The van der Waals surface area contributed by atoms with Gasteiger partial charge in [0, 0.05) is 11.3 Å². The van der Waals surface area contributed by atoms with Gasteiger partial charge in [0.2, 0.25) is 5.91 Å². The predicted molar refractivity (Wildman–Crippen MR) is 133 cm³/mol. The first-order chi connectivity index (χ1) is 15.7. The Labute approximate surface area is 203 Å². The number of amides is 1. The van der Waals surface area contributed by atoms with E-state index in [1.165, 1.54) is 30.6 Å². The fourth-order valence-corrected chi connectivity index (χ4v) is 9.93. The third kappa shape index (κ3) is 4.10. The molecule has 4 aliphatic rings. The molecule has 33 heavy (non-hydrogen) atoms. The zero-order chi connectivity index (χ0) is 23.4. The molecule has 0 bridgehead atoms. The molecule has 0 unspecified atom stereocenters. The number of nitrogens with one attached hydrogen (secondary N) is 1. The maximum absolute atomic E-state index is 12.7. The van der Waals surface area contributed by atoms with Gasteiger partial charge in [-0.3, -0.25) is 4.79 Å². The number of aliphatic hydroxyl groups is 2. The Morgan fingerprint density at radius 2 is 1.88 bits per heavy atom. The van der Waals surface area contributed by atoms with Gasteiger partial charge in [-0.25, -0.2) is 0 Å². The molecule has 0 aromatic carbocycles. The van der Waals surface area contributed by atoms with Crippen molar-refractivity contribution in [3.63, 3.8) is 0 Å². The first kappa shape index (κ1) is 23.8. The molecule has 4 fully saturated rings. The van der Waals surface area contributed by atoms with Crippen LogP contribution in [0.3, 0.4) is 0 Å². The van der Waals surface area contributed by atoms with E-state index >= 15 is 0 Å². The highest BCUT2D eigenvalue weighted by molar-refractivity contribution is 7.09. The summed E-state index contributed by atoms with van der Waals surface area (Å²) in [6, 6.07) is 4.10. The van der Waals surface area contributed by atoms with Gasteiger partial charge in [-0.2, -0.15) is 0 Å². The Morgan fingerprint density at radius 1 is 1.12 bits per heavy atom. The zero-order valence-corrected chi connectivity index (χ0v) is 21.4. The fourth-order valence-electron chi connectivity index (χ4n) is 9.28. The Balaban J connectivity index is 1.27. The van der Waals surface area contributed by atoms with Crippen LogP contribution in [0.15, 0.2) is 17.5 Å². The van der Waals surface area contributed by atoms with Crippen LogP contribution in [0, 0.1) is 46.3 Å². The normalized spacial score (nSPS) is 45.5. The standard InChI is InChI=1S/C28H43NO3S/c1-17(13-25(32)29-16-20-5-4-12-33-20)21-6-7-22-26-23(9-11-28(21,22)3)27(2)10-8-19(30)14-18(27)15-24(26)31/h4-5,12,17-19,21-24,26,30-31H,6-11,13-16H2,1-3H3,(H,29,32)/t17-,18+,19-,21-,22+,23+,24+,26+,27+,28-/m1/s1. The third-order valence-corrected chi connectivity index (χ3v) is 11.8. The van der Waals surface area contributed by atoms with Crippen molar-refractivity contribution in [1.29, 1.82) is 0 Å². The molecule has 184 valence electrons. The molecular formula is C28H43NO3S. The quantitative estimate of drug-likeness (QED) is 0.538. The van der Waals surface area contributed by atoms with Gasteiger partial charge in [0.15, 0.2) is 0 Å². The van der Waals surface area contributed by atoms with Crippen molar-refractivity contribution in [2.24, 2.45) is 46.3 Å². The second-order valence-electron chi connectivity index (χ2n) is 12.5. The number of hydrogen-bond acceptors (Lipinski definition) is 4. The van der Waals surface area contributed by atoms with E-state index in [1.54, 1.807) is 11.3 Å². The fraction of sp³-hybridized carbons (Fsp3) is 0.821. The summed E-state index contributed by atoms with van der Waals surface area (Å²) in [5.41, 5.74) is 0.503. The lowest BCUT2D eigenvalue weighted by atomic mass is 9.43. The van der Waals surface area contributed by atoms with Crippen molar-refractivity contribution in [2.45, 2.75) is 97.3 Å². The van der Waals surface area contributed by atoms with Crippen LogP contribution in [0.2, 0.25) is 0 Å². The predicted octanol–water partition coefficient (Wildman–Crippen LogP) is 5.38. The number of carbonyl (C=O) groups is 1. The molecule has 4 aliphatic carbocycles. The van der Waals surface area contributed by atoms with Crippen molar-refractivity contribution in [3.05, 3.63) is 22.4 Å². The Morgan fingerprint density at radius 3 is 2.64 bits per heavy atom. The van der Waals surface area contributed by atoms with E-state index in [1.807, 2.05) is 6.07 Å². The Hall–Kier alpha value is -0.910. The summed E-state index contributed by atoms with van der Waals surface area (Å²) in [6.07, 6.45) is 8.79. The van der Waals surface area contributed by atoms with Crippen LogP contribution in [-0.4, -0.2) is 28.3 Å². The molecule has 5 heteroatoms. The molecule has 3 N–H and O–H groups in total. The minimum atomic E-state index is -0.230. The van der Waals surface area contributed by atoms with Crippen LogP contribution in [0.4, 0.5) is 0 Å². The first-order valence-electron chi connectivity index (χ1n) is 13.4. The van der Waals surface area contributed by atoms with E-state index < -0.39 is 0 Å². The summed E-state index contributed by atoms with van der Waals surface area (Å²) < 4.78 is 0. The summed E-state index contributed by atoms with van der Waals surface area (Å²) in [7, 11) is 0. The lowest BCUT2D eigenvalue weighted by molar-refractivity contribution is -0.174. The second-order valence-corrected chi connectivity index (χ2v) is 13.5. The van der Waals surface area contributed by atoms with E-state index in [9.17, 15) is 15.0 Å². The largest absolute Gasteiger partial charge is 0.393 e. The molecule has 0 saturated heterocycles. The summed E-state index contributed by atoms with van der Waals surface area (Å²) >= 11 is 1.69. The topological polar surface area (TPSA) is 69.6 Å². The van der Waals surface area contributed by atoms with Crippen molar-refractivity contribution < 1.29 is 15.0 Å². The molecule has 1 amide bonds. The van der Waals surface area contributed by atoms with Crippen molar-refractivity contribution >= 4 is 17.2 Å². The molecule has 10 atom stereocenters. The maximum atomic E-state index is 12.7. The molecule has 4 nitrogen and oxygen atoms in total. The van der Waals surface area contributed by atoms with E-state index in [2.05, 4.69) is 37.5 Å². The van der Waals surface area contributed by atoms with Gasteiger partial charge in [0.1, 0.15) is 0 Å². The van der Waals surface area contributed by atoms with Gasteiger partial charge < -0.3 is 15.5 Å². The summed E-state index contributed by atoms with van der Waals surface area (Å²) in [6.45, 7) is 7.88. The second kappa shape index (κ2) is 8.95. The molecule has 0 aliphatic heterocycles. The van der Waals surface area contributed by atoms with Crippen LogP contribution < -0.4 is 5.32 Å². The van der Waals surface area contributed by atoms with Gasteiger partial charge in [-0.1, -0.05) is 26.8 Å². The number of rotatable bonds is 5. The van der Waals surface area contributed by atoms with E-state index in [0.29, 0.717) is 48.5 Å². The molecule has 1 aromatic rings. The van der Waals surface area contributed by atoms with E-state index in [-0.39, 0.29) is 28.9 Å². The van der Waals surface area contributed by atoms with Crippen LogP contribution >= 0.6 is 11.3 Å². The van der Waals surface area contributed by atoms with Gasteiger partial charge in [0.25, 0.3) is 0 Å². The Bertz CT molecular complexity index is 842. The average molecular weight is 474 g/mol. The molecule has 0 spiro atoms.